The van der Waals surface area contributed by atoms with E-state index in [1.807, 2.05) is 27.7 Å². The minimum absolute atomic E-state index is 0.0296. The molecule has 0 spiro atoms. The van der Waals surface area contributed by atoms with Gasteiger partial charge < -0.3 is 10.2 Å². The summed E-state index contributed by atoms with van der Waals surface area (Å²) in [5.74, 6) is 0. The van der Waals surface area contributed by atoms with Crippen molar-refractivity contribution in [1.29, 1.82) is 0 Å². The normalized spacial score (nSPS) is 16.6. The molecule has 1 unspecified atom stereocenters. The summed E-state index contributed by atoms with van der Waals surface area (Å²) < 4.78 is -0.466. The van der Waals surface area contributed by atoms with Crippen molar-refractivity contribution >= 4 is 12.6 Å². The van der Waals surface area contributed by atoms with Crippen LogP contribution in [0.1, 0.15) is 27.7 Å². The van der Waals surface area contributed by atoms with Gasteiger partial charge in [-0.2, -0.15) is 12.6 Å². The number of thiol groups is 1. The number of aliphatic hydroxyl groups excluding tert-OH is 2. The SMILES string of the molecule is CC(C)(S)C(O)C(C)(C)CO. The molecule has 0 aromatic carbocycles. The van der Waals surface area contributed by atoms with Crippen LogP contribution in [0.3, 0.4) is 0 Å². The van der Waals surface area contributed by atoms with Gasteiger partial charge in [0.05, 0.1) is 12.7 Å². The van der Waals surface area contributed by atoms with Crippen LogP contribution in [0.25, 0.3) is 0 Å². The van der Waals surface area contributed by atoms with E-state index in [9.17, 15) is 5.11 Å². The smallest absolute Gasteiger partial charge is 0.0751 e. The summed E-state index contributed by atoms with van der Waals surface area (Å²) in [6.07, 6.45) is -0.608. The molecule has 0 aliphatic heterocycles. The van der Waals surface area contributed by atoms with E-state index in [4.69, 9.17) is 5.11 Å². The van der Waals surface area contributed by atoms with Crippen LogP contribution in [0.4, 0.5) is 0 Å². The fourth-order valence-electron chi connectivity index (χ4n) is 1.04. The molecule has 68 valence electrons. The highest BCUT2D eigenvalue weighted by Gasteiger charge is 2.36. The fourth-order valence-corrected chi connectivity index (χ4v) is 1.39. The lowest BCUT2D eigenvalue weighted by molar-refractivity contribution is -0.00944. The minimum Gasteiger partial charge on any atom is -0.396 e. The standard InChI is InChI=1S/C8H18O2S/c1-7(2,5-9)6(10)8(3,4)11/h6,9-11H,5H2,1-4H3. The Hall–Kier alpha value is 0.270. The van der Waals surface area contributed by atoms with Gasteiger partial charge in [-0.05, 0) is 13.8 Å². The molecule has 0 rings (SSSR count). The first-order chi connectivity index (χ1) is 4.72. The average molecular weight is 178 g/mol. The maximum Gasteiger partial charge on any atom is 0.0751 e. The summed E-state index contributed by atoms with van der Waals surface area (Å²) in [5.41, 5.74) is -0.481. The summed E-state index contributed by atoms with van der Waals surface area (Å²) in [6.45, 7) is 7.26. The van der Waals surface area contributed by atoms with Crippen molar-refractivity contribution < 1.29 is 10.2 Å². The van der Waals surface area contributed by atoms with Gasteiger partial charge in [0.15, 0.2) is 0 Å². The largest absolute Gasteiger partial charge is 0.396 e. The molecule has 0 aromatic rings. The first-order valence-electron chi connectivity index (χ1n) is 3.73. The molecule has 0 aliphatic carbocycles. The summed E-state index contributed by atoms with van der Waals surface area (Å²) in [4.78, 5) is 0. The van der Waals surface area contributed by atoms with Crippen LogP contribution >= 0.6 is 12.6 Å². The van der Waals surface area contributed by atoms with Crippen molar-refractivity contribution in [2.75, 3.05) is 6.61 Å². The van der Waals surface area contributed by atoms with Crippen LogP contribution in [0, 0.1) is 5.41 Å². The summed E-state index contributed by atoms with van der Waals surface area (Å²) in [6, 6.07) is 0. The topological polar surface area (TPSA) is 40.5 Å². The maximum atomic E-state index is 9.68. The Bertz CT molecular complexity index is 127. The van der Waals surface area contributed by atoms with Crippen LogP contribution in [0.2, 0.25) is 0 Å². The number of rotatable bonds is 3. The molecule has 0 amide bonds. The van der Waals surface area contributed by atoms with Crippen LogP contribution < -0.4 is 0 Å². The first kappa shape index (κ1) is 11.3. The third-order valence-electron chi connectivity index (χ3n) is 1.82. The van der Waals surface area contributed by atoms with Crippen LogP contribution in [-0.4, -0.2) is 27.7 Å². The predicted molar refractivity (Wildman–Crippen MR) is 49.9 cm³/mol. The third kappa shape index (κ3) is 3.01. The quantitative estimate of drug-likeness (QED) is 0.566. The molecule has 2 nitrogen and oxygen atoms in total. The monoisotopic (exact) mass is 178 g/mol. The Morgan fingerprint density at radius 2 is 1.64 bits per heavy atom. The molecule has 0 fully saturated rings. The Labute approximate surface area is 74.0 Å². The summed E-state index contributed by atoms with van der Waals surface area (Å²) >= 11 is 4.24. The van der Waals surface area contributed by atoms with Crippen molar-refractivity contribution in [3.8, 4) is 0 Å². The first-order valence-corrected chi connectivity index (χ1v) is 4.18. The maximum absolute atomic E-state index is 9.68. The molecule has 1 atom stereocenters. The van der Waals surface area contributed by atoms with E-state index in [0.717, 1.165) is 0 Å². The highest BCUT2D eigenvalue weighted by atomic mass is 32.1. The van der Waals surface area contributed by atoms with E-state index in [2.05, 4.69) is 12.6 Å². The Morgan fingerprint density at radius 3 is 1.73 bits per heavy atom. The van der Waals surface area contributed by atoms with Crippen molar-refractivity contribution in [3.05, 3.63) is 0 Å². The Kier molecular flexibility index (Phi) is 3.42. The molecule has 0 bridgehead atoms. The molecule has 0 saturated carbocycles. The fraction of sp³-hybridized carbons (Fsp3) is 1.00. The van der Waals surface area contributed by atoms with Crippen molar-refractivity contribution in [1.82, 2.24) is 0 Å². The zero-order valence-electron chi connectivity index (χ0n) is 7.63. The second-order valence-corrected chi connectivity index (χ2v) is 5.36. The van der Waals surface area contributed by atoms with Crippen LogP contribution in [-0.2, 0) is 0 Å². The van der Waals surface area contributed by atoms with Gasteiger partial charge in [0.25, 0.3) is 0 Å². The van der Waals surface area contributed by atoms with Gasteiger partial charge in [0.2, 0.25) is 0 Å². The van der Waals surface area contributed by atoms with Crippen LogP contribution in [0.15, 0.2) is 0 Å². The van der Waals surface area contributed by atoms with Gasteiger partial charge in [0.1, 0.15) is 0 Å². The molecular formula is C8H18O2S. The van der Waals surface area contributed by atoms with Crippen molar-refractivity contribution in [2.45, 2.75) is 38.5 Å². The van der Waals surface area contributed by atoms with E-state index in [1.165, 1.54) is 0 Å². The summed E-state index contributed by atoms with van der Waals surface area (Å²) in [7, 11) is 0. The van der Waals surface area contributed by atoms with Gasteiger partial charge in [-0.3, -0.25) is 0 Å². The summed E-state index contributed by atoms with van der Waals surface area (Å²) in [5, 5.41) is 18.6. The third-order valence-corrected chi connectivity index (χ3v) is 2.06. The second-order valence-electron chi connectivity index (χ2n) is 4.20. The van der Waals surface area contributed by atoms with E-state index in [0.29, 0.717) is 0 Å². The van der Waals surface area contributed by atoms with E-state index < -0.39 is 16.3 Å². The average Bonchev–Trinajstić information content (AvgIpc) is 1.84. The van der Waals surface area contributed by atoms with Gasteiger partial charge >= 0.3 is 0 Å². The lowest BCUT2D eigenvalue weighted by Crippen LogP contribution is -2.44. The highest BCUT2D eigenvalue weighted by Crippen LogP contribution is 2.31. The second kappa shape index (κ2) is 3.33. The van der Waals surface area contributed by atoms with Gasteiger partial charge in [-0.15, -0.1) is 0 Å². The number of hydrogen-bond acceptors (Lipinski definition) is 3. The van der Waals surface area contributed by atoms with Crippen LogP contribution in [0.5, 0.6) is 0 Å². The Balaban J connectivity index is 4.35. The molecule has 11 heavy (non-hydrogen) atoms. The van der Waals surface area contributed by atoms with E-state index in [1.54, 1.807) is 0 Å². The Morgan fingerprint density at radius 1 is 1.27 bits per heavy atom. The number of hydrogen-bond donors (Lipinski definition) is 3. The van der Waals surface area contributed by atoms with Gasteiger partial charge in [0, 0.05) is 10.2 Å². The highest BCUT2D eigenvalue weighted by molar-refractivity contribution is 7.81. The molecule has 0 aromatic heterocycles. The molecule has 3 heteroatoms. The molecule has 0 saturated heterocycles. The molecule has 0 aliphatic rings. The predicted octanol–water partition coefficient (Wildman–Crippen LogP) is 1.07. The molecule has 0 radical (unpaired) electrons. The zero-order chi connectivity index (χ0) is 9.28. The lowest BCUT2D eigenvalue weighted by atomic mass is 9.81. The number of aliphatic hydroxyl groups is 2. The minimum atomic E-state index is -0.608. The van der Waals surface area contributed by atoms with Crippen molar-refractivity contribution in [2.24, 2.45) is 5.41 Å². The van der Waals surface area contributed by atoms with Crippen molar-refractivity contribution in [3.63, 3.8) is 0 Å². The molecule has 0 heterocycles. The van der Waals surface area contributed by atoms with E-state index in [-0.39, 0.29) is 6.61 Å². The molecule has 2 N–H and O–H groups in total. The van der Waals surface area contributed by atoms with Gasteiger partial charge in [-0.1, -0.05) is 13.8 Å². The van der Waals surface area contributed by atoms with Gasteiger partial charge in [-0.25, -0.2) is 0 Å². The molecular weight excluding hydrogens is 160 g/mol. The van der Waals surface area contributed by atoms with E-state index >= 15 is 0 Å². The zero-order valence-corrected chi connectivity index (χ0v) is 8.52. The lowest BCUT2D eigenvalue weighted by Gasteiger charge is -2.36.